The van der Waals surface area contributed by atoms with Crippen molar-refractivity contribution < 1.29 is 24.2 Å². The van der Waals surface area contributed by atoms with Crippen molar-refractivity contribution in [3.63, 3.8) is 0 Å². The standard InChI is InChI=1S/C20H19NO5/c1-25-15-6-3-13(4-7-15)20(24)17-9-8-16(26-2)11-18(17)14(12-21)5-10-19(22)23/h3-4,6-9,11,14H,5,10H2,1-2H3,(H,22,23). The minimum atomic E-state index is -0.990. The predicted molar refractivity (Wildman–Crippen MR) is 94.6 cm³/mol. The van der Waals surface area contributed by atoms with Gasteiger partial charge in [-0.15, -0.1) is 0 Å². The molecule has 1 unspecified atom stereocenters. The van der Waals surface area contributed by atoms with Gasteiger partial charge in [0.15, 0.2) is 5.78 Å². The van der Waals surface area contributed by atoms with Gasteiger partial charge >= 0.3 is 5.97 Å². The summed E-state index contributed by atoms with van der Waals surface area (Å²) in [6, 6.07) is 13.6. The average Bonchev–Trinajstić information content (AvgIpc) is 2.67. The number of aliphatic carboxylic acids is 1. The van der Waals surface area contributed by atoms with Crippen molar-refractivity contribution in [1.82, 2.24) is 0 Å². The first kappa shape index (κ1) is 19.0. The number of carboxylic acids is 1. The highest BCUT2D eigenvalue weighted by Gasteiger charge is 2.22. The molecule has 0 bridgehead atoms. The molecule has 1 atom stereocenters. The number of ether oxygens (including phenoxy) is 2. The van der Waals surface area contributed by atoms with Gasteiger partial charge in [-0.25, -0.2) is 0 Å². The van der Waals surface area contributed by atoms with Gasteiger partial charge in [0.05, 0.1) is 26.2 Å². The predicted octanol–water partition coefficient (Wildman–Crippen LogP) is 3.41. The van der Waals surface area contributed by atoms with Gasteiger partial charge in [0.25, 0.3) is 0 Å². The normalized spacial score (nSPS) is 11.3. The Bertz CT molecular complexity index is 836. The Hall–Kier alpha value is -3.33. The zero-order chi connectivity index (χ0) is 19.1. The van der Waals surface area contributed by atoms with Crippen LogP contribution in [0.3, 0.4) is 0 Å². The summed E-state index contributed by atoms with van der Waals surface area (Å²) in [5.41, 5.74) is 1.27. The lowest BCUT2D eigenvalue weighted by Gasteiger charge is -2.15. The SMILES string of the molecule is COc1ccc(C(=O)c2ccc(OC)cc2C(C#N)CCC(=O)O)cc1. The van der Waals surface area contributed by atoms with Crippen LogP contribution in [0.4, 0.5) is 0 Å². The van der Waals surface area contributed by atoms with Crippen LogP contribution in [0.1, 0.15) is 40.2 Å². The van der Waals surface area contributed by atoms with Gasteiger partial charge in [-0.2, -0.15) is 5.26 Å². The highest BCUT2D eigenvalue weighted by Crippen LogP contribution is 2.30. The molecule has 6 heteroatoms. The Morgan fingerprint density at radius 2 is 1.69 bits per heavy atom. The summed E-state index contributed by atoms with van der Waals surface area (Å²) < 4.78 is 10.3. The molecule has 6 nitrogen and oxygen atoms in total. The first-order chi connectivity index (χ1) is 12.5. The van der Waals surface area contributed by atoms with Crippen LogP contribution in [0.25, 0.3) is 0 Å². The third-order valence-electron chi connectivity index (χ3n) is 4.03. The molecule has 0 aromatic heterocycles. The van der Waals surface area contributed by atoms with Crippen LogP contribution in [0.2, 0.25) is 0 Å². The molecule has 0 aliphatic heterocycles. The first-order valence-electron chi connectivity index (χ1n) is 7.98. The summed E-state index contributed by atoms with van der Waals surface area (Å²) in [6.07, 6.45) is -0.0481. The van der Waals surface area contributed by atoms with E-state index in [1.54, 1.807) is 49.6 Å². The molecular formula is C20H19NO5. The van der Waals surface area contributed by atoms with E-state index in [0.29, 0.717) is 28.2 Å². The zero-order valence-electron chi connectivity index (χ0n) is 14.6. The highest BCUT2D eigenvalue weighted by atomic mass is 16.5. The van der Waals surface area contributed by atoms with Crippen LogP contribution in [-0.2, 0) is 4.79 Å². The van der Waals surface area contributed by atoms with Crippen molar-refractivity contribution in [2.24, 2.45) is 0 Å². The van der Waals surface area contributed by atoms with Crippen molar-refractivity contribution in [3.8, 4) is 17.6 Å². The molecule has 0 aliphatic carbocycles. The van der Waals surface area contributed by atoms with Crippen LogP contribution in [0.15, 0.2) is 42.5 Å². The van der Waals surface area contributed by atoms with Crippen molar-refractivity contribution in [2.75, 3.05) is 14.2 Å². The van der Waals surface area contributed by atoms with E-state index in [-0.39, 0.29) is 18.6 Å². The van der Waals surface area contributed by atoms with Gasteiger partial charge in [-0.3, -0.25) is 9.59 Å². The van der Waals surface area contributed by atoms with Crippen molar-refractivity contribution in [3.05, 3.63) is 59.2 Å². The van der Waals surface area contributed by atoms with E-state index in [9.17, 15) is 14.9 Å². The van der Waals surface area contributed by atoms with E-state index in [0.717, 1.165) is 0 Å². The Morgan fingerprint density at radius 1 is 1.08 bits per heavy atom. The maximum Gasteiger partial charge on any atom is 0.303 e. The summed E-state index contributed by atoms with van der Waals surface area (Å²) in [6.45, 7) is 0. The third kappa shape index (κ3) is 4.39. The smallest absolute Gasteiger partial charge is 0.303 e. The lowest BCUT2D eigenvalue weighted by atomic mass is 9.88. The first-order valence-corrected chi connectivity index (χ1v) is 7.98. The number of rotatable bonds is 8. The summed E-state index contributed by atoms with van der Waals surface area (Å²) >= 11 is 0. The zero-order valence-corrected chi connectivity index (χ0v) is 14.6. The van der Waals surface area contributed by atoms with Crippen LogP contribution in [0.5, 0.6) is 11.5 Å². The maximum absolute atomic E-state index is 12.9. The second-order valence-electron chi connectivity index (χ2n) is 5.62. The van der Waals surface area contributed by atoms with E-state index in [4.69, 9.17) is 14.6 Å². The van der Waals surface area contributed by atoms with Gasteiger partial charge < -0.3 is 14.6 Å². The molecule has 1 N–H and O–H groups in total. The number of hydrogen-bond acceptors (Lipinski definition) is 5. The van der Waals surface area contributed by atoms with E-state index < -0.39 is 11.9 Å². The molecule has 0 spiro atoms. The Balaban J connectivity index is 2.44. The van der Waals surface area contributed by atoms with Crippen LogP contribution >= 0.6 is 0 Å². The van der Waals surface area contributed by atoms with Gasteiger partial charge in [-0.1, -0.05) is 0 Å². The molecule has 2 aromatic rings. The number of nitrogens with zero attached hydrogens (tertiary/aromatic N) is 1. The van der Waals surface area contributed by atoms with Gasteiger partial charge in [-0.05, 0) is 54.4 Å². The van der Waals surface area contributed by atoms with E-state index in [2.05, 4.69) is 6.07 Å². The van der Waals surface area contributed by atoms with Crippen molar-refractivity contribution in [1.29, 1.82) is 5.26 Å². The molecule has 0 saturated heterocycles. The fourth-order valence-corrected chi connectivity index (χ4v) is 2.62. The fraction of sp³-hybridized carbons (Fsp3) is 0.250. The minimum absolute atomic E-state index is 0.113. The molecule has 0 heterocycles. The maximum atomic E-state index is 12.9. The molecule has 0 amide bonds. The van der Waals surface area contributed by atoms with E-state index >= 15 is 0 Å². The van der Waals surface area contributed by atoms with Crippen molar-refractivity contribution in [2.45, 2.75) is 18.8 Å². The number of hydrogen-bond donors (Lipinski definition) is 1. The number of carbonyl (C=O) groups is 2. The summed E-state index contributed by atoms with van der Waals surface area (Å²) in [4.78, 5) is 23.8. The molecule has 0 aliphatic rings. The molecule has 2 aromatic carbocycles. The topological polar surface area (TPSA) is 96.6 Å². The largest absolute Gasteiger partial charge is 0.497 e. The molecule has 2 rings (SSSR count). The van der Waals surface area contributed by atoms with Crippen LogP contribution < -0.4 is 9.47 Å². The molecular weight excluding hydrogens is 334 g/mol. The average molecular weight is 353 g/mol. The molecule has 0 radical (unpaired) electrons. The monoisotopic (exact) mass is 353 g/mol. The Labute approximate surface area is 151 Å². The molecule has 26 heavy (non-hydrogen) atoms. The minimum Gasteiger partial charge on any atom is -0.497 e. The fourth-order valence-electron chi connectivity index (χ4n) is 2.62. The lowest BCUT2D eigenvalue weighted by Crippen LogP contribution is -2.10. The van der Waals surface area contributed by atoms with Gasteiger partial charge in [0.2, 0.25) is 0 Å². The van der Waals surface area contributed by atoms with Crippen LogP contribution in [-0.4, -0.2) is 31.1 Å². The summed E-state index contributed by atoms with van der Waals surface area (Å²) in [7, 11) is 3.03. The highest BCUT2D eigenvalue weighted by molar-refractivity contribution is 6.10. The number of nitriles is 1. The number of carbonyl (C=O) groups excluding carboxylic acids is 1. The van der Waals surface area contributed by atoms with Gasteiger partial charge in [0.1, 0.15) is 11.5 Å². The Kier molecular flexibility index (Phi) is 6.34. The second kappa shape index (κ2) is 8.67. The number of methoxy groups -OCH3 is 2. The molecule has 0 fully saturated rings. The van der Waals surface area contributed by atoms with E-state index in [1.807, 2.05) is 0 Å². The van der Waals surface area contributed by atoms with E-state index in [1.165, 1.54) is 7.11 Å². The van der Waals surface area contributed by atoms with Gasteiger partial charge in [0, 0.05) is 17.5 Å². The Morgan fingerprint density at radius 3 is 2.23 bits per heavy atom. The third-order valence-corrected chi connectivity index (χ3v) is 4.03. The second-order valence-corrected chi connectivity index (χ2v) is 5.62. The summed E-state index contributed by atoms with van der Waals surface area (Å²) in [5, 5.41) is 18.4. The number of ketones is 1. The number of benzene rings is 2. The summed E-state index contributed by atoms with van der Waals surface area (Å²) in [5.74, 6) is -0.829. The molecule has 134 valence electrons. The van der Waals surface area contributed by atoms with Crippen LogP contribution in [0, 0.1) is 11.3 Å². The quantitative estimate of drug-likeness (QED) is 0.731. The molecule has 0 saturated carbocycles. The number of carboxylic acid groups (broad SMARTS) is 1. The van der Waals surface area contributed by atoms with Crippen molar-refractivity contribution >= 4 is 11.8 Å². The lowest BCUT2D eigenvalue weighted by molar-refractivity contribution is -0.137.